The molecule has 6 rings (SSSR count). The van der Waals surface area contributed by atoms with E-state index in [1.54, 1.807) is 0 Å². The zero-order valence-electron chi connectivity index (χ0n) is 28.1. The fourth-order valence-corrected chi connectivity index (χ4v) is 7.92. The summed E-state index contributed by atoms with van der Waals surface area (Å²) < 4.78 is 11.5. The van der Waals surface area contributed by atoms with Crippen molar-refractivity contribution in [3.8, 4) is 11.4 Å². The maximum absolute atomic E-state index is 4.18. The molecule has 0 saturated carbocycles. The van der Waals surface area contributed by atoms with E-state index in [0.717, 1.165) is 72.7 Å². The molecule has 4 heterocycles. The van der Waals surface area contributed by atoms with Gasteiger partial charge in [-0.1, -0.05) is 0 Å². The van der Waals surface area contributed by atoms with Crippen molar-refractivity contribution in [2.75, 3.05) is 0 Å². The summed E-state index contributed by atoms with van der Waals surface area (Å²) in [6.45, 7) is 8.56. The molecule has 0 N–H and O–H groups in total. The summed E-state index contributed by atoms with van der Waals surface area (Å²) in [5, 5.41) is 16.5. The number of benzene rings is 2. The Morgan fingerprint density at radius 1 is 0.646 bits per heavy atom. The third-order valence-corrected chi connectivity index (χ3v) is 10.7. The summed E-state index contributed by atoms with van der Waals surface area (Å²) in [5.74, 6) is 0. The van der Waals surface area contributed by atoms with Crippen LogP contribution in [-0.2, 0) is 51.5 Å². The fourth-order valence-electron chi connectivity index (χ4n) is 5.69. The Morgan fingerprint density at radius 2 is 1.08 bits per heavy atom. The van der Waals surface area contributed by atoms with Crippen LogP contribution in [0.5, 0.6) is 0 Å². The summed E-state index contributed by atoms with van der Waals surface area (Å²) in [6.07, 6.45) is 17.6. The number of aryl methyl sites for hydroxylation is 4. The molecular formula is C38H44N8Pt2-4. The van der Waals surface area contributed by atoms with E-state index in [2.05, 4.69) is 152 Å². The van der Waals surface area contributed by atoms with Gasteiger partial charge < -0.3 is 0 Å². The van der Waals surface area contributed by atoms with E-state index in [9.17, 15) is 0 Å². The molecule has 2 atom stereocenters. The molecule has 0 aliphatic heterocycles. The number of rotatable bonds is 14. The van der Waals surface area contributed by atoms with Gasteiger partial charge in [-0.2, -0.15) is 0 Å². The standard InChI is InChI=1S/2C19H22N4.2Pt/c2*1-16-14-18(21-20-16)9-7-6-8-17(2)22-12-13-23(15-22)19-10-4-3-5-11-19;;/h2*3-5,10,12-14,17H,6-9H2,1-2H3;;/q2*-2;;. The molecule has 0 saturated heterocycles. The van der Waals surface area contributed by atoms with Crippen molar-refractivity contribution >= 4 is 0 Å². The monoisotopic (exact) mass is 1000 g/mol. The van der Waals surface area contributed by atoms with Crippen molar-refractivity contribution < 1.29 is 38.7 Å². The van der Waals surface area contributed by atoms with Crippen LogP contribution in [0.1, 0.15) is 87.2 Å². The van der Waals surface area contributed by atoms with Crippen molar-refractivity contribution in [1.29, 1.82) is 0 Å². The van der Waals surface area contributed by atoms with Crippen LogP contribution in [0.25, 0.3) is 11.4 Å². The topological polar surface area (TPSA) is 73.7 Å². The molecule has 2 unspecified atom stereocenters. The van der Waals surface area contributed by atoms with E-state index in [-0.39, 0.29) is 0 Å². The second-order valence-corrected chi connectivity index (χ2v) is 14.3. The van der Waals surface area contributed by atoms with Gasteiger partial charge in [0.15, 0.2) is 0 Å². The van der Waals surface area contributed by atoms with Crippen LogP contribution in [0.4, 0.5) is 0 Å². The van der Waals surface area contributed by atoms with Crippen molar-refractivity contribution in [1.82, 2.24) is 38.7 Å². The Morgan fingerprint density at radius 3 is 1.44 bits per heavy atom. The molecule has 10 heteroatoms. The first-order chi connectivity index (χ1) is 23.3. The number of unbranched alkanes of at least 4 members (excludes halogenated alkanes) is 2. The van der Waals surface area contributed by atoms with E-state index in [0.29, 0.717) is 12.1 Å². The number of hydrogen-bond acceptors (Lipinski definition) is 2. The van der Waals surface area contributed by atoms with Crippen LogP contribution in [0, 0.1) is 33.6 Å². The molecule has 0 spiro atoms. The molecule has 4 aromatic heterocycles. The molecule has 0 fully saturated rings. The second-order valence-electron chi connectivity index (χ2n) is 12.3. The van der Waals surface area contributed by atoms with Gasteiger partial charge in [0.2, 0.25) is 0 Å². The maximum atomic E-state index is 4.18. The first kappa shape index (κ1) is 36.0. The van der Waals surface area contributed by atoms with Gasteiger partial charge in [-0.25, -0.2) is 0 Å². The Bertz CT molecular complexity index is 1800. The zero-order chi connectivity index (χ0) is 33.9. The van der Waals surface area contributed by atoms with Gasteiger partial charge in [-0.15, -0.1) is 0 Å². The van der Waals surface area contributed by atoms with Crippen LogP contribution in [0.15, 0.2) is 85.5 Å². The van der Waals surface area contributed by atoms with Gasteiger partial charge in [-0.3, -0.25) is 0 Å². The molecular weight excluding hydrogens is 959 g/mol. The van der Waals surface area contributed by atoms with E-state index < -0.39 is 0 Å². The molecule has 48 heavy (non-hydrogen) atoms. The quantitative estimate of drug-likeness (QED) is 0.0834. The van der Waals surface area contributed by atoms with Crippen molar-refractivity contribution in [2.24, 2.45) is 0 Å². The first-order valence-corrected chi connectivity index (χ1v) is 18.9. The Labute approximate surface area is 306 Å². The van der Waals surface area contributed by atoms with Crippen LogP contribution < -0.4 is 10.2 Å². The molecule has 0 radical (unpaired) electrons. The molecule has 0 aliphatic rings. The minimum atomic E-state index is 0.481. The minimum absolute atomic E-state index is 0.481. The van der Waals surface area contributed by atoms with Gasteiger partial charge in [0, 0.05) is 0 Å². The van der Waals surface area contributed by atoms with Gasteiger partial charge in [0.1, 0.15) is 0 Å². The molecule has 0 aliphatic carbocycles. The van der Waals surface area contributed by atoms with Crippen molar-refractivity contribution in [3.63, 3.8) is 0 Å². The summed E-state index contributed by atoms with van der Waals surface area (Å²) >= 11 is 4.79. The predicted molar refractivity (Wildman–Crippen MR) is 181 cm³/mol. The van der Waals surface area contributed by atoms with Crippen molar-refractivity contribution in [2.45, 2.75) is 91.1 Å². The van der Waals surface area contributed by atoms with Crippen LogP contribution >= 0.6 is 0 Å². The van der Waals surface area contributed by atoms with Gasteiger partial charge in [0.25, 0.3) is 0 Å². The SMILES string of the molecule is Cc1cc(CCCCC(C)n2ccn(-c3[c-]cccc3)[c]2=[Pt])n[n-]1.Cc1cc(CCCCC(C)n2ccn(-c3[c-]cccc3)[c]2=[Pt])n[n-]1. The fraction of sp³-hybridized carbons (Fsp3) is 0.368. The van der Waals surface area contributed by atoms with Gasteiger partial charge in [0.05, 0.1) is 0 Å². The van der Waals surface area contributed by atoms with Crippen LogP contribution in [0.3, 0.4) is 0 Å². The van der Waals surface area contributed by atoms with E-state index in [1.165, 1.54) is 20.5 Å². The van der Waals surface area contributed by atoms with Gasteiger partial charge in [-0.05, 0) is 0 Å². The zero-order valence-corrected chi connectivity index (χ0v) is 32.6. The summed E-state index contributed by atoms with van der Waals surface area (Å²) in [7, 11) is 0. The Hall–Kier alpha value is -3.34. The van der Waals surface area contributed by atoms with Crippen molar-refractivity contribution in [3.05, 3.63) is 128 Å². The molecule has 2 aromatic carbocycles. The number of nitrogens with zero attached hydrogens (tertiary/aromatic N) is 8. The number of hydrogen-bond donors (Lipinski definition) is 0. The second kappa shape index (κ2) is 17.9. The summed E-state index contributed by atoms with van der Waals surface area (Å²) in [6, 6.07) is 27.8. The first-order valence-electron chi connectivity index (χ1n) is 16.7. The Balaban J connectivity index is 0.000000188. The summed E-state index contributed by atoms with van der Waals surface area (Å²) in [4.78, 5) is 0. The Kier molecular flexibility index (Phi) is 13.4. The molecule has 0 amide bonds. The third kappa shape index (κ3) is 9.86. The van der Waals surface area contributed by atoms with E-state index >= 15 is 0 Å². The predicted octanol–water partition coefficient (Wildman–Crippen LogP) is 7.58. The van der Waals surface area contributed by atoms with Gasteiger partial charge >= 0.3 is 308 Å². The number of para-hydroxylation sites is 2. The molecule has 8 nitrogen and oxygen atoms in total. The van der Waals surface area contributed by atoms with Crippen LogP contribution in [-0.4, -0.2) is 28.5 Å². The van der Waals surface area contributed by atoms with E-state index in [4.69, 9.17) is 0 Å². The number of imidazole rings is 2. The summed E-state index contributed by atoms with van der Waals surface area (Å²) in [5.41, 5.74) is 6.43. The average Bonchev–Trinajstić information content (AvgIpc) is 3.90. The molecule has 6 aromatic rings. The average molecular weight is 1000 g/mol. The molecule has 0 bridgehead atoms. The molecule has 260 valence electrons. The van der Waals surface area contributed by atoms with E-state index in [1.807, 2.05) is 50.2 Å². The normalized spacial score (nSPS) is 12.5. The third-order valence-electron chi connectivity index (χ3n) is 8.40. The van der Waals surface area contributed by atoms with Crippen LogP contribution in [0.2, 0.25) is 0 Å². The number of aromatic nitrogens is 8.